The summed E-state index contributed by atoms with van der Waals surface area (Å²) < 4.78 is 12.9. The van der Waals surface area contributed by atoms with E-state index in [9.17, 15) is 4.39 Å². The maximum atomic E-state index is 12.9. The van der Waals surface area contributed by atoms with E-state index in [1.807, 2.05) is 13.0 Å². The highest BCUT2D eigenvalue weighted by Crippen LogP contribution is 2.23. The lowest BCUT2D eigenvalue weighted by molar-refractivity contribution is 0.626. The lowest BCUT2D eigenvalue weighted by Gasteiger charge is -2.15. The van der Waals surface area contributed by atoms with Crippen LogP contribution in [0.25, 0.3) is 5.57 Å². The minimum Gasteiger partial charge on any atom is -0.313 e. The van der Waals surface area contributed by atoms with Crippen molar-refractivity contribution in [2.24, 2.45) is 0 Å². The first-order valence-corrected chi connectivity index (χ1v) is 4.93. The van der Waals surface area contributed by atoms with Crippen molar-refractivity contribution in [1.82, 2.24) is 5.32 Å². The highest BCUT2D eigenvalue weighted by molar-refractivity contribution is 5.69. The molecule has 0 bridgehead atoms. The maximum Gasteiger partial charge on any atom is 0.123 e. The Kier molecular flexibility index (Phi) is 2.64. The average molecular weight is 191 g/mol. The van der Waals surface area contributed by atoms with Crippen molar-refractivity contribution >= 4 is 5.57 Å². The van der Waals surface area contributed by atoms with Crippen molar-refractivity contribution in [1.29, 1.82) is 0 Å². The van der Waals surface area contributed by atoms with Crippen molar-refractivity contribution in [3.05, 3.63) is 41.2 Å². The van der Waals surface area contributed by atoms with Gasteiger partial charge in [0, 0.05) is 6.54 Å². The molecule has 0 aliphatic carbocycles. The van der Waals surface area contributed by atoms with Gasteiger partial charge in [0.2, 0.25) is 0 Å². The van der Waals surface area contributed by atoms with Crippen molar-refractivity contribution in [2.75, 3.05) is 13.1 Å². The van der Waals surface area contributed by atoms with Crippen molar-refractivity contribution in [3.8, 4) is 0 Å². The smallest absolute Gasteiger partial charge is 0.123 e. The topological polar surface area (TPSA) is 12.0 Å². The summed E-state index contributed by atoms with van der Waals surface area (Å²) in [6.07, 6.45) is 3.22. The first-order chi connectivity index (χ1) is 6.77. The molecule has 0 unspecified atom stereocenters. The number of hydrogen-bond donors (Lipinski definition) is 1. The van der Waals surface area contributed by atoms with E-state index in [1.165, 1.54) is 17.2 Å². The summed E-state index contributed by atoms with van der Waals surface area (Å²) in [7, 11) is 0. The van der Waals surface area contributed by atoms with Crippen LogP contribution < -0.4 is 5.32 Å². The van der Waals surface area contributed by atoms with Crippen molar-refractivity contribution in [3.63, 3.8) is 0 Å². The molecule has 1 aliphatic rings. The number of aryl methyl sites for hydroxylation is 1. The molecule has 0 fully saturated rings. The molecule has 0 spiro atoms. The molecule has 1 nitrogen and oxygen atoms in total. The second-order valence-corrected chi connectivity index (χ2v) is 3.64. The van der Waals surface area contributed by atoms with E-state index >= 15 is 0 Å². The van der Waals surface area contributed by atoms with E-state index in [-0.39, 0.29) is 5.82 Å². The molecular formula is C12H14FN. The summed E-state index contributed by atoms with van der Waals surface area (Å²) in [6.45, 7) is 3.90. The maximum absolute atomic E-state index is 12.9. The predicted octanol–water partition coefficient (Wildman–Crippen LogP) is 2.51. The van der Waals surface area contributed by atoms with Gasteiger partial charge in [0.25, 0.3) is 0 Å². The molecule has 0 saturated heterocycles. The second-order valence-electron chi connectivity index (χ2n) is 3.64. The lowest BCUT2D eigenvalue weighted by atomic mass is 9.96. The van der Waals surface area contributed by atoms with Gasteiger partial charge in [-0.2, -0.15) is 0 Å². The minimum atomic E-state index is -0.152. The predicted molar refractivity (Wildman–Crippen MR) is 56.6 cm³/mol. The van der Waals surface area contributed by atoms with E-state index in [0.29, 0.717) is 0 Å². The molecule has 2 heteroatoms. The average Bonchev–Trinajstić information content (AvgIpc) is 2.19. The summed E-state index contributed by atoms with van der Waals surface area (Å²) in [5.41, 5.74) is 3.55. The van der Waals surface area contributed by atoms with E-state index in [4.69, 9.17) is 0 Å². The molecule has 14 heavy (non-hydrogen) atoms. The summed E-state index contributed by atoms with van der Waals surface area (Å²) in [5.74, 6) is -0.152. The van der Waals surface area contributed by atoms with E-state index in [2.05, 4.69) is 11.4 Å². The molecule has 1 N–H and O–H groups in total. The first-order valence-electron chi connectivity index (χ1n) is 4.93. The monoisotopic (exact) mass is 191 g/mol. The summed E-state index contributed by atoms with van der Waals surface area (Å²) >= 11 is 0. The molecule has 74 valence electrons. The van der Waals surface area contributed by atoms with Crippen molar-refractivity contribution in [2.45, 2.75) is 13.3 Å². The number of halogens is 1. The fraction of sp³-hybridized carbons (Fsp3) is 0.333. The van der Waals surface area contributed by atoms with Crippen LogP contribution in [0.5, 0.6) is 0 Å². The number of rotatable bonds is 1. The Morgan fingerprint density at radius 1 is 1.36 bits per heavy atom. The Morgan fingerprint density at radius 3 is 2.86 bits per heavy atom. The molecule has 0 atom stereocenters. The van der Waals surface area contributed by atoms with Gasteiger partial charge in [-0.15, -0.1) is 0 Å². The van der Waals surface area contributed by atoms with Gasteiger partial charge in [0.05, 0.1) is 0 Å². The molecule has 0 saturated carbocycles. The Hall–Kier alpha value is -1.15. The highest BCUT2D eigenvalue weighted by atomic mass is 19.1. The SMILES string of the molecule is Cc1cc(F)ccc1C1=CCNCC1. The van der Waals surface area contributed by atoms with Crippen LogP contribution in [0.3, 0.4) is 0 Å². The Bertz CT molecular complexity index is 369. The van der Waals surface area contributed by atoms with Gasteiger partial charge < -0.3 is 5.32 Å². The third kappa shape index (κ3) is 1.85. The van der Waals surface area contributed by atoms with Gasteiger partial charge in [-0.1, -0.05) is 12.1 Å². The zero-order valence-corrected chi connectivity index (χ0v) is 8.31. The minimum absolute atomic E-state index is 0.152. The third-order valence-electron chi connectivity index (χ3n) is 2.60. The molecule has 1 aromatic rings. The van der Waals surface area contributed by atoms with Crippen LogP contribution in [0, 0.1) is 12.7 Å². The molecule has 1 aromatic carbocycles. The van der Waals surface area contributed by atoms with Gasteiger partial charge in [-0.05, 0) is 48.7 Å². The van der Waals surface area contributed by atoms with Crippen LogP contribution >= 0.6 is 0 Å². The molecule has 0 radical (unpaired) electrons. The molecule has 0 amide bonds. The standard InChI is InChI=1S/C12H14FN/c1-9-8-11(13)2-3-12(9)10-4-6-14-7-5-10/h2-4,8,14H,5-7H2,1H3. The molecule has 2 rings (SSSR count). The second kappa shape index (κ2) is 3.93. The third-order valence-corrected chi connectivity index (χ3v) is 2.60. The van der Waals surface area contributed by atoms with E-state index in [0.717, 1.165) is 25.1 Å². The van der Waals surface area contributed by atoms with Gasteiger partial charge in [-0.3, -0.25) is 0 Å². The Morgan fingerprint density at radius 2 is 2.21 bits per heavy atom. The van der Waals surface area contributed by atoms with Crippen LogP contribution in [0.15, 0.2) is 24.3 Å². The van der Waals surface area contributed by atoms with Gasteiger partial charge in [0.1, 0.15) is 5.82 Å². The van der Waals surface area contributed by atoms with Crippen molar-refractivity contribution < 1.29 is 4.39 Å². The number of benzene rings is 1. The highest BCUT2D eigenvalue weighted by Gasteiger charge is 2.08. The van der Waals surface area contributed by atoms with E-state index < -0.39 is 0 Å². The molecule has 0 aromatic heterocycles. The zero-order valence-electron chi connectivity index (χ0n) is 8.31. The van der Waals surface area contributed by atoms with Gasteiger partial charge in [-0.25, -0.2) is 4.39 Å². The van der Waals surface area contributed by atoms with Crippen LogP contribution in [0.2, 0.25) is 0 Å². The molecule has 1 aliphatic heterocycles. The fourth-order valence-corrected chi connectivity index (χ4v) is 1.85. The largest absolute Gasteiger partial charge is 0.313 e. The van der Waals surface area contributed by atoms with E-state index in [1.54, 1.807) is 6.07 Å². The van der Waals surface area contributed by atoms with Crippen LogP contribution in [0.1, 0.15) is 17.5 Å². The van der Waals surface area contributed by atoms with Crippen LogP contribution in [-0.4, -0.2) is 13.1 Å². The molecule has 1 heterocycles. The van der Waals surface area contributed by atoms with Gasteiger partial charge >= 0.3 is 0 Å². The summed E-state index contributed by atoms with van der Waals surface area (Å²) in [5, 5.41) is 3.26. The van der Waals surface area contributed by atoms with Crippen LogP contribution in [-0.2, 0) is 0 Å². The first kappa shape index (κ1) is 9.41. The van der Waals surface area contributed by atoms with Crippen LogP contribution in [0.4, 0.5) is 4.39 Å². The summed E-state index contributed by atoms with van der Waals surface area (Å²) in [6, 6.07) is 5.01. The number of nitrogens with one attached hydrogen (secondary N) is 1. The fourth-order valence-electron chi connectivity index (χ4n) is 1.85. The van der Waals surface area contributed by atoms with Gasteiger partial charge in [0.15, 0.2) is 0 Å². The quantitative estimate of drug-likeness (QED) is 0.719. The Balaban J connectivity index is 2.35. The lowest BCUT2D eigenvalue weighted by Crippen LogP contribution is -2.20. The number of hydrogen-bond acceptors (Lipinski definition) is 1. The Labute approximate surface area is 83.6 Å². The molecular weight excluding hydrogens is 177 g/mol. The zero-order chi connectivity index (χ0) is 9.97. The summed E-state index contributed by atoms with van der Waals surface area (Å²) in [4.78, 5) is 0. The normalized spacial score (nSPS) is 16.6.